The van der Waals surface area contributed by atoms with Crippen molar-refractivity contribution >= 4 is 35.2 Å². The lowest BCUT2D eigenvalue weighted by molar-refractivity contribution is -0.132. The van der Waals surface area contributed by atoms with Crippen molar-refractivity contribution in [2.24, 2.45) is 0 Å². The second kappa shape index (κ2) is 5.55. The predicted octanol–water partition coefficient (Wildman–Crippen LogP) is 5.38. The van der Waals surface area contributed by atoms with Gasteiger partial charge in [-0.25, -0.2) is 4.79 Å². The molecule has 0 aliphatic carbocycles. The van der Waals surface area contributed by atoms with Gasteiger partial charge in [0.05, 0.1) is 10.0 Å². The van der Waals surface area contributed by atoms with E-state index in [1.165, 1.54) is 6.92 Å². The highest BCUT2D eigenvalue weighted by molar-refractivity contribution is 6.42. The largest absolute Gasteiger partial charge is 0.478 e. The number of carbonyl (C=O) groups is 1. The van der Waals surface area contributed by atoms with Crippen molar-refractivity contribution in [3.05, 3.63) is 51.5 Å². The van der Waals surface area contributed by atoms with E-state index in [-0.39, 0.29) is 5.57 Å². The molecule has 3 rings (SSSR count). The van der Waals surface area contributed by atoms with Crippen LogP contribution in [-0.4, -0.2) is 11.1 Å². The van der Waals surface area contributed by atoms with Gasteiger partial charge in [-0.2, -0.15) is 0 Å². The third-order valence-corrected chi connectivity index (χ3v) is 3.84. The molecule has 112 valence electrons. The maximum Gasteiger partial charge on any atom is 0.331 e. The number of rotatable bonds is 2. The summed E-state index contributed by atoms with van der Waals surface area (Å²) in [6.07, 6.45) is 1.55. The summed E-state index contributed by atoms with van der Waals surface area (Å²) < 4.78 is 11.5. The Morgan fingerprint density at radius 2 is 1.55 bits per heavy atom. The van der Waals surface area contributed by atoms with Crippen molar-refractivity contribution in [3.63, 3.8) is 0 Å². The van der Waals surface area contributed by atoms with Gasteiger partial charge < -0.3 is 14.6 Å². The van der Waals surface area contributed by atoms with Crippen LogP contribution in [0.4, 0.5) is 0 Å². The first-order valence-electron chi connectivity index (χ1n) is 6.34. The fourth-order valence-electron chi connectivity index (χ4n) is 2.00. The molecular formula is C16H10Cl2O4. The van der Waals surface area contributed by atoms with Gasteiger partial charge in [0.15, 0.2) is 23.0 Å². The van der Waals surface area contributed by atoms with Gasteiger partial charge in [0.25, 0.3) is 0 Å². The van der Waals surface area contributed by atoms with Gasteiger partial charge in [-0.3, -0.25) is 0 Å². The minimum Gasteiger partial charge on any atom is -0.478 e. The topological polar surface area (TPSA) is 55.8 Å². The highest BCUT2D eigenvalue weighted by Gasteiger charge is 2.20. The fraction of sp³-hybridized carbons (Fsp3) is 0.0625. The molecule has 0 saturated carbocycles. The molecule has 0 fully saturated rings. The Bertz CT molecular complexity index is 812. The predicted molar refractivity (Wildman–Crippen MR) is 84.3 cm³/mol. The number of ether oxygens (including phenoxy) is 2. The zero-order valence-electron chi connectivity index (χ0n) is 11.4. The molecule has 1 aliphatic heterocycles. The van der Waals surface area contributed by atoms with Crippen molar-refractivity contribution < 1.29 is 19.4 Å². The number of carboxylic acids is 1. The van der Waals surface area contributed by atoms with E-state index in [1.807, 2.05) is 0 Å². The molecule has 0 atom stereocenters. The average Bonchev–Trinajstić information content (AvgIpc) is 2.46. The van der Waals surface area contributed by atoms with Gasteiger partial charge in [0.2, 0.25) is 0 Å². The van der Waals surface area contributed by atoms with Crippen LogP contribution in [-0.2, 0) is 4.79 Å². The number of hydrogen-bond donors (Lipinski definition) is 1. The molecule has 1 N–H and O–H groups in total. The first-order chi connectivity index (χ1) is 10.4. The van der Waals surface area contributed by atoms with Crippen LogP contribution in [0.2, 0.25) is 10.0 Å². The van der Waals surface area contributed by atoms with E-state index in [1.54, 1.807) is 36.4 Å². The van der Waals surface area contributed by atoms with E-state index in [9.17, 15) is 4.79 Å². The van der Waals surface area contributed by atoms with Crippen molar-refractivity contribution in [2.75, 3.05) is 0 Å². The maximum absolute atomic E-state index is 10.9. The van der Waals surface area contributed by atoms with E-state index < -0.39 is 5.97 Å². The van der Waals surface area contributed by atoms with Crippen LogP contribution < -0.4 is 9.47 Å². The molecule has 2 aromatic carbocycles. The van der Waals surface area contributed by atoms with Gasteiger partial charge in [0, 0.05) is 17.7 Å². The van der Waals surface area contributed by atoms with E-state index in [0.717, 1.165) is 0 Å². The van der Waals surface area contributed by atoms with Crippen molar-refractivity contribution in [1.82, 2.24) is 0 Å². The molecule has 0 saturated heterocycles. The van der Waals surface area contributed by atoms with Gasteiger partial charge >= 0.3 is 5.97 Å². The lowest BCUT2D eigenvalue weighted by Gasteiger charge is -2.21. The zero-order chi connectivity index (χ0) is 15.9. The first kappa shape index (κ1) is 14.8. The molecular weight excluding hydrogens is 327 g/mol. The van der Waals surface area contributed by atoms with E-state index in [2.05, 4.69) is 0 Å². The Balaban J connectivity index is 1.98. The van der Waals surface area contributed by atoms with Gasteiger partial charge in [-0.15, -0.1) is 0 Å². The third kappa shape index (κ3) is 2.75. The number of benzene rings is 2. The molecule has 4 nitrogen and oxygen atoms in total. The number of hydrogen-bond acceptors (Lipinski definition) is 3. The molecule has 0 aromatic heterocycles. The summed E-state index contributed by atoms with van der Waals surface area (Å²) >= 11 is 11.9. The van der Waals surface area contributed by atoms with Crippen molar-refractivity contribution in [1.29, 1.82) is 0 Å². The number of carboxylic acid groups (broad SMARTS) is 1. The lowest BCUT2D eigenvalue weighted by atomic mass is 10.1. The summed E-state index contributed by atoms with van der Waals surface area (Å²) in [4.78, 5) is 10.9. The van der Waals surface area contributed by atoms with E-state index in [4.69, 9.17) is 37.8 Å². The summed E-state index contributed by atoms with van der Waals surface area (Å²) in [5.74, 6) is 0.973. The molecule has 0 spiro atoms. The van der Waals surface area contributed by atoms with E-state index in [0.29, 0.717) is 38.6 Å². The summed E-state index contributed by atoms with van der Waals surface area (Å²) in [5.41, 5.74) is 0.928. The number of halogens is 2. The Hall–Kier alpha value is -2.17. The minimum atomic E-state index is -0.971. The third-order valence-electron chi connectivity index (χ3n) is 3.11. The summed E-state index contributed by atoms with van der Waals surface area (Å²) in [7, 11) is 0. The van der Waals surface area contributed by atoms with Crippen LogP contribution in [0.25, 0.3) is 6.08 Å². The lowest BCUT2D eigenvalue weighted by Crippen LogP contribution is -2.00. The van der Waals surface area contributed by atoms with Crippen LogP contribution in [0.15, 0.2) is 35.9 Å². The van der Waals surface area contributed by atoms with Gasteiger partial charge in [0.1, 0.15) is 0 Å². The minimum absolute atomic E-state index is 0.229. The molecule has 1 heterocycles. The highest BCUT2D eigenvalue weighted by atomic mass is 35.5. The Kier molecular flexibility index (Phi) is 3.72. The van der Waals surface area contributed by atoms with Gasteiger partial charge in [-0.05, 0) is 30.7 Å². The Labute approximate surface area is 136 Å². The first-order valence-corrected chi connectivity index (χ1v) is 7.10. The van der Waals surface area contributed by atoms with Crippen molar-refractivity contribution in [2.45, 2.75) is 6.92 Å². The molecule has 6 heteroatoms. The quantitative estimate of drug-likeness (QED) is 0.638. The number of fused-ring (bicyclic) bond motifs is 2. The normalized spacial score (nSPS) is 12.8. The maximum atomic E-state index is 10.9. The molecule has 2 aromatic rings. The second-order valence-corrected chi connectivity index (χ2v) is 5.57. The number of aliphatic carboxylic acids is 1. The van der Waals surface area contributed by atoms with Gasteiger partial charge in [-0.1, -0.05) is 29.3 Å². The molecule has 22 heavy (non-hydrogen) atoms. The average molecular weight is 337 g/mol. The van der Waals surface area contributed by atoms with Crippen LogP contribution in [0.5, 0.6) is 23.0 Å². The van der Waals surface area contributed by atoms with Crippen LogP contribution in [0, 0.1) is 0 Å². The molecule has 0 radical (unpaired) electrons. The Morgan fingerprint density at radius 3 is 2.14 bits per heavy atom. The molecule has 0 bridgehead atoms. The summed E-state index contributed by atoms with van der Waals surface area (Å²) in [6, 6.07) is 8.32. The second-order valence-electron chi connectivity index (χ2n) is 4.76. The summed E-state index contributed by atoms with van der Waals surface area (Å²) in [6.45, 7) is 1.52. The van der Waals surface area contributed by atoms with Crippen LogP contribution in [0.3, 0.4) is 0 Å². The standard InChI is InChI=1S/C16H10Cl2O4/c1-8(16(19)20)4-9-2-3-12-13(5-9)22-15-7-11(18)10(17)6-14(15)21-12/h2-7H,1H3,(H,19,20)/b8-4+. The SMILES string of the molecule is C/C(=C\c1ccc2c(c1)Oc1cc(Cl)c(Cl)cc1O2)C(=O)O. The van der Waals surface area contributed by atoms with Crippen molar-refractivity contribution in [3.8, 4) is 23.0 Å². The Morgan fingerprint density at radius 1 is 1.00 bits per heavy atom. The van der Waals surface area contributed by atoms with Crippen LogP contribution >= 0.6 is 23.2 Å². The molecule has 0 unspecified atom stereocenters. The monoisotopic (exact) mass is 336 g/mol. The molecule has 1 aliphatic rings. The fourth-order valence-corrected chi connectivity index (χ4v) is 2.30. The van der Waals surface area contributed by atoms with E-state index >= 15 is 0 Å². The summed E-state index contributed by atoms with van der Waals surface area (Å²) in [5, 5.41) is 9.66. The van der Waals surface area contributed by atoms with Crippen LogP contribution in [0.1, 0.15) is 12.5 Å². The molecule has 0 amide bonds. The smallest absolute Gasteiger partial charge is 0.331 e. The highest BCUT2D eigenvalue weighted by Crippen LogP contribution is 2.48. The zero-order valence-corrected chi connectivity index (χ0v) is 12.9.